The van der Waals surface area contributed by atoms with Crippen LogP contribution in [0.2, 0.25) is 0 Å². The molecule has 0 bridgehead atoms. The van der Waals surface area contributed by atoms with Gasteiger partial charge in [-0.25, -0.2) is 8.78 Å². The van der Waals surface area contributed by atoms with E-state index in [9.17, 15) is 39.4 Å². The maximum Gasteiger partial charge on any atom is 0.187 e. The summed E-state index contributed by atoms with van der Waals surface area (Å²) < 4.78 is 40.6. The van der Waals surface area contributed by atoms with Gasteiger partial charge in [-0.1, -0.05) is 0 Å². The van der Waals surface area contributed by atoms with Crippen molar-refractivity contribution >= 4 is 0 Å². The maximum atomic E-state index is 13.0. The molecule has 2 aliphatic heterocycles. The van der Waals surface area contributed by atoms with Crippen LogP contribution in [0.3, 0.4) is 0 Å². The summed E-state index contributed by atoms with van der Waals surface area (Å²) in [5.74, 6) is 0. The van der Waals surface area contributed by atoms with Crippen molar-refractivity contribution in [1.82, 2.24) is 0 Å². The maximum absolute atomic E-state index is 13.0. The fourth-order valence-electron chi connectivity index (χ4n) is 2.52. The lowest BCUT2D eigenvalue weighted by molar-refractivity contribution is -0.352. The van der Waals surface area contributed by atoms with Crippen molar-refractivity contribution in [3.8, 4) is 0 Å². The second-order valence-electron chi connectivity index (χ2n) is 5.47. The molecule has 136 valence electrons. The Kier molecular flexibility index (Phi) is 6.22. The van der Waals surface area contributed by atoms with Gasteiger partial charge in [0.25, 0.3) is 0 Å². The number of ether oxygens (including phenoxy) is 3. The van der Waals surface area contributed by atoms with Crippen LogP contribution in [0, 0.1) is 0 Å². The van der Waals surface area contributed by atoms with Crippen LogP contribution in [0.4, 0.5) is 8.78 Å². The van der Waals surface area contributed by atoms with Crippen LogP contribution < -0.4 is 0 Å². The third-order valence-electron chi connectivity index (χ3n) is 3.92. The minimum atomic E-state index is -1.84. The van der Waals surface area contributed by atoms with E-state index in [4.69, 9.17) is 14.2 Å². The van der Waals surface area contributed by atoms with E-state index in [1.807, 2.05) is 0 Å². The first-order valence-electron chi connectivity index (χ1n) is 6.98. The van der Waals surface area contributed by atoms with Crippen LogP contribution in [0.5, 0.6) is 0 Å². The zero-order valence-electron chi connectivity index (χ0n) is 11.9. The van der Waals surface area contributed by atoms with E-state index in [-0.39, 0.29) is 0 Å². The monoisotopic (exact) mass is 346 g/mol. The van der Waals surface area contributed by atoms with Crippen molar-refractivity contribution in [1.29, 1.82) is 0 Å². The van der Waals surface area contributed by atoms with Crippen LogP contribution in [0.15, 0.2) is 0 Å². The first-order chi connectivity index (χ1) is 10.8. The van der Waals surface area contributed by atoms with Gasteiger partial charge in [-0.15, -0.1) is 0 Å². The fraction of sp³-hybridized carbons (Fsp3) is 1.00. The van der Waals surface area contributed by atoms with Gasteiger partial charge in [-0.3, -0.25) is 0 Å². The summed E-state index contributed by atoms with van der Waals surface area (Å²) in [6.45, 7) is -2.39. The third-order valence-corrected chi connectivity index (χ3v) is 3.92. The van der Waals surface area contributed by atoms with Gasteiger partial charge in [0.05, 0.1) is 0 Å². The van der Waals surface area contributed by atoms with Crippen LogP contribution in [-0.4, -0.2) is 105 Å². The summed E-state index contributed by atoms with van der Waals surface area (Å²) in [7, 11) is 0. The Morgan fingerprint density at radius 3 is 1.87 bits per heavy atom. The van der Waals surface area contributed by atoms with E-state index in [1.54, 1.807) is 0 Å². The lowest BCUT2D eigenvalue weighted by Gasteiger charge is -2.44. The minimum absolute atomic E-state index is 1.19. The normalized spacial score (nSPS) is 51.7. The van der Waals surface area contributed by atoms with E-state index in [0.717, 1.165) is 0 Å². The van der Waals surface area contributed by atoms with Gasteiger partial charge in [0.2, 0.25) is 0 Å². The Morgan fingerprint density at radius 2 is 1.30 bits per heavy atom. The number of aliphatic hydroxyl groups excluding tert-OH is 6. The Morgan fingerprint density at radius 1 is 0.696 bits per heavy atom. The summed E-state index contributed by atoms with van der Waals surface area (Å²) in [4.78, 5) is 0. The smallest absolute Gasteiger partial charge is 0.187 e. The molecule has 0 aliphatic carbocycles. The highest BCUT2D eigenvalue weighted by molar-refractivity contribution is 4.93. The van der Waals surface area contributed by atoms with Gasteiger partial charge in [-0.05, 0) is 0 Å². The van der Waals surface area contributed by atoms with Crippen LogP contribution in [-0.2, 0) is 14.2 Å². The molecule has 0 saturated carbocycles. The Bertz CT molecular complexity index is 386. The topological polar surface area (TPSA) is 149 Å². The highest BCUT2D eigenvalue weighted by Crippen LogP contribution is 2.28. The molecule has 6 N–H and O–H groups in total. The molecular weight excluding hydrogens is 326 g/mol. The van der Waals surface area contributed by atoms with Crippen molar-refractivity contribution in [2.24, 2.45) is 0 Å². The second-order valence-corrected chi connectivity index (χ2v) is 5.47. The largest absolute Gasteiger partial charge is 0.387 e. The van der Waals surface area contributed by atoms with Crippen molar-refractivity contribution in [2.75, 3.05) is 13.3 Å². The Hall–Kier alpha value is -0.500. The molecule has 0 aromatic rings. The molecule has 2 saturated heterocycles. The van der Waals surface area contributed by atoms with Gasteiger partial charge in [0.15, 0.2) is 12.6 Å². The van der Waals surface area contributed by atoms with E-state index in [0.29, 0.717) is 0 Å². The predicted octanol–water partition coefficient (Wildman–Crippen LogP) is -3.44. The molecule has 10 atom stereocenters. The lowest BCUT2D eigenvalue weighted by atomic mass is 9.97. The molecule has 2 rings (SSSR count). The van der Waals surface area contributed by atoms with Crippen LogP contribution >= 0.6 is 0 Å². The number of rotatable bonds is 4. The number of aliphatic hydroxyl groups is 6. The number of halogens is 2. The zero-order valence-corrected chi connectivity index (χ0v) is 11.9. The zero-order chi connectivity index (χ0) is 17.3. The molecule has 11 heteroatoms. The first kappa shape index (κ1) is 18.8. The van der Waals surface area contributed by atoms with Crippen molar-refractivity contribution in [2.45, 2.75) is 61.4 Å². The van der Waals surface area contributed by atoms with E-state index >= 15 is 0 Å². The van der Waals surface area contributed by atoms with Crippen LogP contribution in [0.1, 0.15) is 0 Å². The highest BCUT2D eigenvalue weighted by atomic mass is 19.1. The second kappa shape index (κ2) is 7.59. The quantitative estimate of drug-likeness (QED) is 0.306. The Labute approximate surface area is 129 Å². The number of hydrogen-bond acceptors (Lipinski definition) is 9. The van der Waals surface area contributed by atoms with Crippen molar-refractivity contribution < 1.29 is 53.6 Å². The average Bonchev–Trinajstić information content (AvgIpc) is 2.55. The van der Waals surface area contributed by atoms with Gasteiger partial charge in [0, 0.05) is 0 Å². The molecule has 0 amide bonds. The molecule has 9 nitrogen and oxygen atoms in total. The molecule has 0 aromatic heterocycles. The van der Waals surface area contributed by atoms with Crippen molar-refractivity contribution in [3.05, 3.63) is 0 Å². The van der Waals surface area contributed by atoms with E-state index in [2.05, 4.69) is 0 Å². The molecule has 2 aliphatic rings. The summed E-state index contributed by atoms with van der Waals surface area (Å²) in [6, 6.07) is 0. The molecule has 0 unspecified atom stereocenters. The van der Waals surface area contributed by atoms with Gasteiger partial charge >= 0.3 is 0 Å². The number of hydrogen-bond donors (Lipinski definition) is 6. The molecule has 2 heterocycles. The van der Waals surface area contributed by atoms with Crippen LogP contribution in [0.25, 0.3) is 0 Å². The summed E-state index contributed by atoms with van der Waals surface area (Å²) in [6.07, 6.45) is -17.0. The fourth-order valence-corrected chi connectivity index (χ4v) is 2.52. The van der Waals surface area contributed by atoms with E-state index < -0.39 is 74.8 Å². The Balaban J connectivity index is 2.11. The molecular formula is C12H20F2O9. The molecule has 0 radical (unpaired) electrons. The van der Waals surface area contributed by atoms with E-state index in [1.165, 1.54) is 0 Å². The van der Waals surface area contributed by atoms with Gasteiger partial charge < -0.3 is 44.8 Å². The highest BCUT2D eigenvalue weighted by Gasteiger charge is 2.50. The first-order valence-corrected chi connectivity index (χ1v) is 6.98. The summed E-state index contributed by atoms with van der Waals surface area (Å²) in [5, 5.41) is 57.7. The molecule has 23 heavy (non-hydrogen) atoms. The molecule has 0 aromatic carbocycles. The number of alkyl halides is 2. The summed E-state index contributed by atoms with van der Waals surface area (Å²) in [5.41, 5.74) is 0. The predicted molar refractivity (Wildman–Crippen MR) is 66.4 cm³/mol. The third kappa shape index (κ3) is 3.62. The average molecular weight is 346 g/mol. The van der Waals surface area contributed by atoms with Gasteiger partial charge in [-0.2, -0.15) is 0 Å². The molecule has 2 fully saturated rings. The minimum Gasteiger partial charge on any atom is -0.387 e. The van der Waals surface area contributed by atoms with Crippen molar-refractivity contribution in [3.63, 3.8) is 0 Å². The molecule has 0 spiro atoms. The standard InChI is InChI=1S/C12H20F2O9/c13-1-3-5(15)6(16)9(19)12(22-3)23-10-4(2-14)21-11(20)8(18)7(10)17/h3-12,15-20H,1-2H2/t3-,4-,5-,6+,7-,8-,9-,10-,11+,12+/m1/s1. The van der Waals surface area contributed by atoms with Gasteiger partial charge in [0.1, 0.15) is 62.2 Å². The SMILES string of the molecule is O[C@@H]1[C@@H](O)[C@H](O[C@H]2[C@H](O)[C@@H](O)[C@@H](O)O[C@@H]2CF)O[C@H](CF)[C@H]1O. The lowest BCUT2D eigenvalue weighted by Crippen LogP contribution is -2.64. The summed E-state index contributed by atoms with van der Waals surface area (Å²) >= 11 is 0.